The van der Waals surface area contributed by atoms with Crippen molar-refractivity contribution < 1.29 is 14.3 Å². The normalized spacial score (nSPS) is 11.0. The minimum atomic E-state index is -0.704. The topological polar surface area (TPSA) is 90.9 Å². The van der Waals surface area contributed by atoms with E-state index in [1.807, 2.05) is 26.1 Å². The van der Waals surface area contributed by atoms with Crippen molar-refractivity contribution >= 4 is 52.5 Å². The molecule has 242 valence electrons. The summed E-state index contributed by atoms with van der Waals surface area (Å²) < 4.78 is 5.73. The van der Waals surface area contributed by atoms with Gasteiger partial charge in [0.2, 0.25) is 11.8 Å². The molecule has 0 aliphatic rings. The van der Waals surface area contributed by atoms with E-state index >= 15 is 0 Å². The number of benzene rings is 3. The van der Waals surface area contributed by atoms with Gasteiger partial charge in [0, 0.05) is 55.1 Å². The Bertz CT molecular complexity index is 1710. The number of carbonyl (C=O) groups excluding carboxylic acids is 2. The molecular weight excluding hydrogens is 623 g/mol. The molecular formula is C35H40Cl2N6O3. The van der Waals surface area contributed by atoms with Gasteiger partial charge in [-0.05, 0) is 93.0 Å². The Labute approximate surface area is 281 Å². The van der Waals surface area contributed by atoms with Gasteiger partial charge in [0.05, 0.1) is 16.4 Å². The zero-order chi connectivity index (χ0) is 33.5. The summed E-state index contributed by atoms with van der Waals surface area (Å²) in [5.74, 6) is 0.207. The Kier molecular flexibility index (Phi) is 11.6. The van der Waals surface area contributed by atoms with E-state index in [4.69, 9.17) is 32.9 Å². The van der Waals surface area contributed by atoms with Crippen LogP contribution in [0.5, 0.6) is 5.88 Å². The van der Waals surface area contributed by atoms with E-state index < -0.39 is 6.09 Å². The van der Waals surface area contributed by atoms with Crippen molar-refractivity contribution in [3.63, 3.8) is 0 Å². The van der Waals surface area contributed by atoms with Crippen molar-refractivity contribution in [2.24, 2.45) is 0 Å². The first-order chi connectivity index (χ1) is 21.9. The van der Waals surface area contributed by atoms with Gasteiger partial charge in [-0.1, -0.05) is 49.2 Å². The molecule has 2 amide bonds. The maximum absolute atomic E-state index is 13.2. The predicted octanol–water partition coefficient (Wildman–Crippen LogP) is 8.17. The van der Waals surface area contributed by atoms with Crippen LogP contribution in [0.4, 0.5) is 22.1 Å². The lowest BCUT2D eigenvalue weighted by Gasteiger charge is -2.23. The summed E-state index contributed by atoms with van der Waals surface area (Å²) in [5.41, 5.74) is 6.44. The first kappa shape index (κ1) is 34.7. The molecule has 11 heteroatoms. The lowest BCUT2D eigenvalue weighted by molar-refractivity contribution is 0.0779. The average molecular weight is 664 g/mol. The largest absolute Gasteiger partial charge is 0.420 e. The van der Waals surface area contributed by atoms with Crippen molar-refractivity contribution in [1.29, 1.82) is 0 Å². The third kappa shape index (κ3) is 8.34. The molecule has 0 radical (unpaired) electrons. The Morgan fingerprint density at radius 3 is 2.22 bits per heavy atom. The number of halogens is 2. The van der Waals surface area contributed by atoms with Crippen molar-refractivity contribution in [2.75, 3.05) is 50.5 Å². The fourth-order valence-electron chi connectivity index (χ4n) is 4.88. The average Bonchev–Trinajstić information content (AvgIpc) is 3.04. The number of nitrogens with zero attached hydrogens (tertiary/aromatic N) is 5. The quantitative estimate of drug-likeness (QED) is 0.173. The fraction of sp³-hybridized carbons (Fsp3) is 0.314. The van der Waals surface area contributed by atoms with Crippen LogP contribution in [0.25, 0.3) is 11.3 Å². The summed E-state index contributed by atoms with van der Waals surface area (Å²) >= 11 is 12.5. The number of aromatic nitrogens is 2. The maximum Gasteiger partial charge on any atom is 0.420 e. The minimum Gasteiger partial charge on any atom is -0.391 e. The van der Waals surface area contributed by atoms with Crippen LogP contribution in [-0.4, -0.2) is 72.0 Å². The van der Waals surface area contributed by atoms with Crippen molar-refractivity contribution in [3.8, 4) is 17.1 Å². The summed E-state index contributed by atoms with van der Waals surface area (Å²) in [6.07, 6.45) is -0.704. The monoisotopic (exact) mass is 662 g/mol. The molecule has 0 fully saturated rings. The van der Waals surface area contributed by atoms with Crippen LogP contribution in [0, 0.1) is 20.8 Å². The third-order valence-corrected chi connectivity index (χ3v) is 8.71. The Hall–Kier alpha value is -4.18. The van der Waals surface area contributed by atoms with Crippen LogP contribution in [-0.2, 0) is 0 Å². The van der Waals surface area contributed by atoms with Gasteiger partial charge in [-0.15, -0.1) is 0 Å². The Balaban J connectivity index is 1.61. The molecule has 0 saturated heterocycles. The van der Waals surface area contributed by atoms with Gasteiger partial charge in [0.25, 0.3) is 5.91 Å². The smallest absolute Gasteiger partial charge is 0.391 e. The second-order valence-electron chi connectivity index (χ2n) is 11.1. The molecule has 0 bridgehead atoms. The number of hydrogen-bond donors (Lipinski definition) is 1. The number of likely N-dealkylation sites (N-methyl/N-ethyl adjacent to an activating group) is 2. The van der Waals surface area contributed by atoms with E-state index in [-0.39, 0.29) is 17.7 Å². The summed E-state index contributed by atoms with van der Waals surface area (Å²) in [5, 5.41) is 3.98. The van der Waals surface area contributed by atoms with Crippen LogP contribution < -0.4 is 15.0 Å². The number of anilines is 3. The Morgan fingerprint density at radius 1 is 0.848 bits per heavy atom. The Morgan fingerprint density at radius 2 is 1.54 bits per heavy atom. The van der Waals surface area contributed by atoms with E-state index in [0.29, 0.717) is 39.2 Å². The molecule has 1 heterocycles. The van der Waals surface area contributed by atoms with Gasteiger partial charge in [-0.25, -0.2) is 9.78 Å². The number of rotatable bonds is 11. The van der Waals surface area contributed by atoms with Gasteiger partial charge in [-0.2, -0.15) is 4.98 Å². The first-order valence-corrected chi connectivity index (χ1v) is 15.9. The fourth-order valence-corrected chi connectivity index (χ4v) is 5.29. The summed E-state index contributed by atoms with van der Waals surface area (Å²) in [6.45, 7) is 13.7. The van der Waals surface area contributed by atoms with E-state index in [2.05, 4.69) is 42.9 Å². The highest BCUT2D eigenvalue weighted by Gasteiger charge is 2.20. The van der Waals surface area contributed by atoms with Crippen LogP contribution in [0.1, 0.15) is 40.9 Å². The van der Waals surface area contributed by atoms with Crippen LogP contribution >= 0.6 is 23.2 Å². The van der Waals surface area contributed by atoms with Crippen LogP contribution in [0.2, 0.25) is 10.0 Å². The standard InChI is InChI=1S/C35H40Cl2N6O3/c1-8-43(9-2)19-18-41(6)33(44)25-11-14-27(15-12-25)38-34-39-30(28-16-10-22(3)23(4)24(28)5)21-32(40-34)46-35(45)42(7)31-20-26(36)13-17-29(31)37/h10-17,20-21H,8-9,18-19H2,1-7H3,(H,38,39,40). The molecule has 0 saturated carbocycles. The highest BCUT2D eigenvalue weighted by Crippen LogP contribution is 2.31. The second kappa shape index (κ2) is 15.4. The molecule has 0 unspecified atom stereocenters. The summed E-state index contributed by atoms with van der Waals surface area (Å²) in [7, 11) is 3.35. The van der Waals surface area contributed by atoms with E-state index in [1.54, 1.807) is 60.5 Å². The third-order valence-electron chi connectivity index (χ3n) is 8.15. The minimum absolute atomic E-state index is 0.0433. The SMILES string of the molecule is CCN(CC)CCN(C)C(=O)c1ccc(Nc2nc(OC(=O)N(C)c3cc(Cl)ccc3Cl)cc(-c3ccc(C)c(C)c3C)n2)cc1. The lowest BCUT2D eigenvalue weighted by atomic mass is 9.97. The van der Waals surface area contributed by atoms with Crippen molar-refractivity contribution in [3.05, 3.63) is 93.0 Å². The number of aryl methyl sites for hydroxylation is 1. The predicted molar refractivity (Wildman–Crippen MR) is 187 cm³/mol. The van der Waals surface area contributed by atoms with Gasteiger partial charge in [0.1, 0.15) is 0 Å². The molecule has 0 aliphatic heterocycles. The molecule has 3 aromatic carbocycles. The lowest BCUT2D eigenvalue weighted by Crippen LogP contribution is -2.36. The number of nitrogens with one attached hydrogen (secondary N) is 1. The van der Waals surface area contributed by atoms with E-state index in [1.165, 1.54) is 4.90 Å². The molecule has 0 aliphatic carbocycles. The zero-order valence-corrected chi connectivity index (χ0v) is 28.8. The van der Waals surface area contributed by atoms with Gasteiger partial charge in [0.15, 0.2) is 0 Å². The maximum atomic E-state index is 13.2. The van der Waals surface area contributed by atoms with Crippen molar-refractivity contribution in [1.82, 2.24) is 19.8 Å². The van der Waals surface area contributed by atoms with Crippen molar-refractivity contribution in [2.45, 2.75) is 34.6 Å². The number of hydrogen-bond acceptors (Lipinski definition) is 7. The number of carbonyl (C=O) groups is 2. The van der Waals surface area contributed by atoms with E-state index in [9.17, 15) is 9.59 Å². The van der Waals surface area contributed by atoms with Gasteiger partial charge < -0.3 is 19.9 Å². The molecule has 4 aromatic rings. The zero-order valence-electron chi connectivity index (χ0n) is 27.3. The van der Waals surface area contributed by atoms with E-state index in [0.717, 1.165) is 41.9 Å². The first-order valence-electron chi connectivity index (χ1n) is 15.1. The number of amides is 2. The second-order valence-corrected chi connectivity index (χ2v) is 11.9. The molecule has 46 heavy (non-hydrogen) atoms. The van der Waals surface area contributed by atoms with Gasteiger partial charge in [-0.3, -0.25) is 9.69 Å². The number of ether oxygens (including phenoxy) is 1. The van der Waals surface area contributed by atoms with Gasteiger partial charge >= 0.3 is 6.09 Å². The van der Waals surface area contributed by atoms with Crippen LogP contribution in [0.15, 0.2) is 60.7 Å². The molecule has 0 spiro atoms. The summed E-state index contributed by atoms with van der Waals surface area (Å²) in [6, 6.07) is 17.6. The highest BCUT2D eigenvalue weighted by molar-refractivity contribution is 6.35. The summed E-state index contributed by atoms with van der Waals surface area (Å²) in [4.78, 5) is 40.8. The molecule has 1 N–H and O–H groups in total. The molecule has 0 atom stereocenters. The molecule has 4 rings (SSSR count). The molecule has 9 nitrogen and oxygen atoms in total. The molecule has 1 aromatic heterocycles. The highest BCUT2D eigenvalue weighted by atomic mass is 35.5. The van der Waals surface area contributed by atoms with Crippen LogP contribution in [0.3, 0.4) is 0 Å².